The molecule has 0 heterocycles. The molecule has 0 saturated carbocycles. The highest BCUT2D eigenvalue weighted by atomic mass is 32.2. The maximum atomic E-state index is 13.5. The highest BCUT2D eigenvalue weighted by Gasteiger charge is 2.14. The van der Waals surface area contributed by atoms with Gasteiger partial charge in [-0.3, -0.25) is 0 Å². The lowest BCUT2D eigenvalue weighted by Gasteiger charge is -2.13. The van der Waals surface area contributed by atoms with Gasteiger partial charge in [-0.05, 0) is 43.2 Å². The fraction of sp³-hybridized carbons (Fsp3) is 0.200. The maximum absolute atomic E-state index is 13.5. The Bertz CT molecular complexity index is 772. The van der Waals surface area contributed by atoms with Crippen LogP contribution in [0.1, 0.15) is 16.7 Å². The highest BCUT2D eigenvalue weighted by molar-refractivity contribution is 7.89. The number of hydrogen-bond donors (Lipinski definition) is 1. The monoisotopic (exact) mass is 309 g/mol. The number of sulfonamides is 1. The summed E-state index contributed by atoms with van der Waals surface area (Å²) in [6.45, 7) is 3.42. The second-order valence-electron chi connectivity index (χ2n) is 4.81. The lowest BCUT2D eigenvalue weighted by molar-refractivity contribution is 0.297. The van der Waals surface area contributed by atoms with Gasteiger partial charge in [0, 0.05) is 5.56 Å². The summed E-state index contributed by atoms with van der Waals surface area (Å²) in [5.74, 6) is 0.163. The zero-order valence-electron chi connectivity index (χ0n) is 11.8. The second kappa shape index (κ2) is 5.83. The Morgan fingerprint density at radius 1 is 1.14 bits per heavy atom. The van der Waals surface area contributed by atoms with Crippen molar-refractivity contribution in [1.82, 2.24) is 0 Å². The molecule has 0 bridgehead atoms. The predicted molar refractivity (Wildman–Crippen MR) is 78.0 cm³/mol. The quantitative estimate of drug-likeness (QED) is 0.944. The first-order valence-corrected chi connectivity index (χ1v) is 7.84. The van der Waals surface area contributed by atoms with E-state index in [2.05, 4.69) is 0 Å². The zero-order chi connectivity index (χ0) is 15.6. The van der Waals surface area contributed by atoms with Crippen LogP contribution in [-0.4, -0.2) is 8.42 Å². The first-order chi connectivity index (χ1) is 9.79. The maximum Gasteiger partial charge on any atom is 0.238 e. The molecule has 2 aromatic carbocycles. The van der Waals surface area contributed by atoms with E-state index in [4.69, 9.17) is 9.88 Å². The summed E-state index contributed by atoms with van der Waals surface area (Å²) in [6.07, 6.45) is 0. The van der Waals surface area contributed by atoms with Crippen LogP contribution in [0.15, 0.2) is 41.3 Å². The van der Waals surface area contributed by atoms with Gasteiger partial charge in [0.2, 0.25) is 10.0 Å². The minimum atomic E-state index is -3.76. The zero-order valence-corrected chi connectivity index (χ0v) is 12.6. The molecular weight excluding hydrogens is 293 g/mol. The summed E-state index contributed by atoms with van der Waals surface area (Å²) in [4.78, 5) is 0.0678. The van der Waals surface area contributed by atoms with Crippen LogP contribution in [0.4, 0.5) is 4.39 Å². The van der Waals surface area contributed by atoms with Gasteiger partial charge in [0.15, 0.2) is 0 Å². The molecule has 6 heteroatoms. The number of hydrogen-bond acceptors (Lipinski definition) is 3. The summed E-state index contributed by atoms with van der Waals surface area (Å²) in [5, 5.41) is 5.14. The van der Waals surface area contributed by atoms with Crippen LogP contribution >= 0.6 is 0 Å². The molecule has 0 fully saturated rings. The van der Waals surface area contributed by atoms with Gasteiger partial charge < -0.3 is 4.74 Å². The molecule has 0 unspecified atom stereocenters. The Hall–Kier alpha value is -1.92. The van der Waals surface area contributed by atoms with E-state index < -0.39 is 10.0 Å². The molecule has 21 heavy (non-hydrogen) atoms. The molecule has 0 spiro atoms. The Kier molecular flexibility index (Phi) is 4.29. The molecular formula is C15H16FNO3S. The fourth-order valence-corrected chi connectivity index (χ4v) is 2.84. The number of aryl methyl sites for hydroxylation is 2. The van der Waals surface area contributed by atoms with Crippen LogP contribution < -0.4 is 9.88 Å². The van der Waals surface area contributed by atoms with Crippen LogP contribution in [0.3, 0.4) is 0 Å². The van der Waals surface area contributed by atoms with Gasteiger partial charge in [0.05, 0.1) is 4.90 Å². The van der Waals surface area contributed by atoms with Crippen molar-refractivity contribution in [2.24, 2.45) is 5.14 Å². The standard InChI is InChI=1S/C15H16FNO3S/c1-10-8-15(21(17,18)19)11(2)7-14(10)20-9-12-5-3-4-6-13(12)16/h3-8H,9H2,1-2H3,(H2,17,18,19). The fourth-order valence-electron chi connectivity index (χ4n) is 2.00. The first kappa shape index (κ1) is 15.5. The molecule has 2 rings (SSSR count). The first-order valence-electron chi connectivity index (χ1n) is 6.29. The van der Waals surface area contributed by atoms with E-state index in [1.165, 1.54) is 12.1 Å². The van der Waals surface area contributed by atoms with Crippen LogP contribution in [0.5, 0.6) is 5.75 Å². The largest absolute Gasteiger partial charge is 0.489 e. The number of benzene rings is 2. The van der Waals surface area contributed by atoms with E-state index in [9.17, 15) is 12.8 Å². The van der Waals surface area contributed by atoms with Gasteiger partial charge in [-0.2, -0.15) is 0 Å². The van der Waals surface area contributed by atoms with Crippen molar-refractivity contribution in [3.8, 4) is 5.75 Å². The van der Waals surface area contributed by atoms with Gasteiger partial charge in [-0.25, -0.2) is 17.9 Å². The Morgan fingerprint density at radius 2 is 1.81 bits per heavy atom. The minimum Gasteiger partial charge on any atom is -0.489 e. The molecule has 0 aliphatic rings. The topological polar surface area (TPSA) is 69.4 Å². The van der Waals surface area contributed by atoms with Crippen molar-refractivity contribution in [1.29, 1.82) is 0 Å². The third-order valence-electron chi connectivity index (χ3n) is 3.12. The van der Waals surface area contributed by atoms with Crippen molar-refractivity contribution in [3.63, 3.8) is 0 Å². The van der Waals surface area contributed by atoms with Gasteiger partial charge >= 0.3 is 0 Å². The van der Waals surface area contributed by atoms with Gasteiger partial charge in [0.1, 0.15) is 18.2 Å². The lowest BCUT2D eigenvalue weighted by atomic mass is 10.1. The van der Waals surface area contributed by atoms with Crippen LogP contribution in [0, 0.1) is 19.7 Å². The van der Waals surface area contributed by atoms with E-state index in [-0.39, 0.29) is 17.3 Å². The van der Waals surface area contributed by atoms with Gasteiger partial charge in [-0.1, -0.05) is 18.2 Å². The molecule has 0 aliphatic carbocycles. The smallest absolute Gasteiger partial charge is 0.238 e. The second-order valence-corrected chi connectivity index (χ2v) is 6.34. The molecule has 0 saturated heterocycles. The van der Waals surface area contributed by atoms with E-state index in [0.717, 1.165) is 0 Å². The summed E-state index contributed by atoms with van der Waals surface area (Å²) < 4.78 is 42.0. The number of nitrogens with two attached hydrogens (primary N) is 1. The molecule has 2 aromatic rings. The molecule has 0 aliphatic heterocycles. The lowest BCUT2D eigenvalue weighted by Crippen LogP contribution is -2.14. The minimum absolute atomic E-state index is 0.0678. The third kappa shape index (κ3) is 3.59. The normalized spacial score (nSPS) is 11.4. The van der Waals surface area contributed by atoms with Gasteiger partial charge in [0.25, 0.3) is 0 Å². The van der Waals surface area contributed by atoms with Crippen molar-refractivity contribution >= 4 is 10.0 Å². The van der Waals surface area contributed by atoms with E-state index in [1.54, 1.807) is 38.1 Å². The van der Waals surface area contributed by atoms with E-state index in [1.807, 2.05) is 0 Å². The Labute approximate surface area is 123 Å². The molecule has 0 aromatic heterocycles. The molecule has 0 radical (unpaired) electrons. The molecule has 2 N–H and O–H groups in total. The summed E-state index contributed by atoms with van der Waals surface area (Å²) in [6, 6.07) is 9.38. The third-order valence-corrected chi connectivity index (χ3v) is 4.17. The van der Waals surface area contributed by atoms with Crippen molar-refractivity contribution < 1.29 is 17.5 Å². The average molecular weight is 309 g/mol. The van der Waals surface area contributed by atoms with Crippen LogP contribution in [-0.2, 0) is 16.6 Å². The van der Waals surface area contributed by atoms with Gasteiger partial charge in [-0.15, -0.1) is 0 Å². The molecule has 112 valence electrons. The average Bonchev–Trinajstić information content (AvgIpc) is 2.39. The summed E-state index contributed by atoms with van der Waals surface area (Å²) in [5.41, 5.74) is 1.55. The highest BCUT2D eigenvalue weighted by Crippen LogP contribution is 2.26. The summed E-state index contributed by atoms with van der Waals surface area (Å²) >= 11 is 0. The number of ether oxygens (including phenoxy) is 1. The van der Waals surface area contributed by atoms with Crippen molar-refractivity contribution in [2.45, 2.75) is 25.3 Å². The van der Waals surface area contributed by atoms with Crippen molar-refractivity contribution in [2.75, 3.05) is 0 Å². The molecule has 0 amide bonds. The van der Waals surface area contributed by atoms with E-state index >= 15 is 0 Å². The number of rotatable bonds is 4. The summed E-state index contributed by atoms with van der Waals surface area (Å²) in [7, 11) is -3.76. The van der Waals surface area contributed by atoms with Crippen LogP contribution in [0.25, 0.3) is 0 Å². The molecule has 4 nitrogen and oxygen atoms in total. The SMILES string of the molecule is Cc1cc(S(N)(=O)=O)c(C)cc1OCc1ccccc1F. The number of primary sulfonamides is 1. The molecule has 0 atom stereocenters. The van der Waals surface area contributed by atoms with E-state index in [0.29, 0.717) is 22.4 Å². The Balaban J connectivity index is 2.26. The Morgan fingerprint density at radius 3 is 2.43 bits per heavy atom. The van der Waals surface area contributed by atoms with Crippen LogP contribution in [0.2, 0.25) is 0 Å². The predicted octanol–water partition coefficient (Wildman–Crippen LogP) is 2.67. The number of halogens is 1. The van der Waals surface area contributed by atoms with Crippen molar-refractivity contribution in [3.05, 3.63) is 58.9 Å².